The average Bonchev–Trinajstić information content (AvgIpc) is 3.31. The number of rotatable bonds is 3. The number of aromatic nitrogens is 4. The molecule has 1 aromatic carbocycles. The van der Waals surface area contributed by atoms with Crippen LogP contribution in [0.2, 0.25) is 5.02 Å². The topological polar surface area (TPSA) is 60.0 Å². The van der Waals surface area contributed by atoms with Gasteiger partial charge in [-0.05, 0) is 62.9 Å². The van der Waals surface area contributed by atoms with Crippen molar-refractivity contribution in [2.75, 3.05) is 6.54 Å². The molecular formula is C22H26ClN5O. The lowest BCUT2D eigenvalue weighted by molar-refractivity contribution is 0.268. The highest BCUT2D eigenvalue weighted by Crippen LogP contribution is 2.41. The zero-order chi connectivity index (χ0) is 20.0. The fourth-order valence-corrected chi connectivity index (χ4v) is 5.00. The summed E-state index contributed by atoms with van der Waals surface area (Å²) in [4.78, 5) is 2.39. The van der Waals surface area contributed by atoms with Crippen molar-refractivity contribution in [2.45, 2.75) is 64.5 Å². The molecule has 1 fully saturated rings. The molecule has 0 bridgehead atoms. The zero-order valence-corrected chi connectivity index (χ0v) is 17.7. The fourth-order valence-electron chi connectivity index (χ4n) is 4.80. The second-order valence-corrected chi connectivity index (χ2v) is 8.73. The Morgan fingerprint density at radius 2 is 1.86 bits per heavy atom. The van der Waals surface area contributed by atoms with Gasteiger partial charge in [-0.2, -0.15) is 0 Å². The van der Waals surface area contributed by atoms with Gasteiger partial charge in [-0.1, -0.05) is 23.7 Å². The van der Waals surface area contributed by atoms with Gasteiger partial charge in [0.05, 0.1) is 17.9 Å². The second kappa shape index (κ2) is 7.58. The third-order valence-electron chi connectivity index (χ3n) is 6.40. The van der Waals surface area contributed by atoms with Crippen LogP contribution in [-0.4, -0.2) is 31.4 Å². The van der Waals surface area contributed by atoms with E-state index in [1.165, 1.54) is 11.3 Å². The highest BCUT2D eigenvalue weighted by atomic mass is 35.5. The largest absolute Gasteiger partial charge is 0.361 e. The maximum absolute atomic E-state index is 6.31. The molecule has 0 amide bonds. The maximum Gasteiger partial charge on any atom is 0.151 e. The van der Waals surface area contributed by atoms with E-state index in [0.717, 1.165) is 73.4 Å². The zero-order valence-electron chi connectivity index (χ0n) is 16.9. The fraction of sp³-hybridized carbons (Fsp3) is 0.500. The van der Waals surface area contributed by atoms with Crippen molar-refractivity contribution in [3.63, 3.8) is 0 Å². The molecule has 2 aliphatic rings. The van der Waals surface area contributed by atoms with Gasteiger partial charge in [0.15, 0.2) is 5.82 Å². The third kappa shape index (κ3) is 3.49. The molecule has 0 atom stereocenters. The molecule has 3 heterocycles. The molecule has 0 saturated heterocycles. The monoisotopic (exact) mass is 411 g/mol. The van der Waals surface area contributed by atoms with Crippen LogP contribution in [0, 0.1) is 6.92 Å². The van der Waals surface area contributed by atoms with Gasteiger partial charge in [0.1, 0.15) is 11.6 Å². The summed E-state index contributed by atoms with van der Waals surface area (Å²) in [6.07, 6.45) is 4.39. The number of halogens is 1. The summed E-state index contributed by atoms with van der Waals surface area (Å²) in [5.74, 6) is 3.91. The van der Waals surface area contributed by atoms with Crippen molar-refractivity contribution in [3.05, 3.63) is 58.0 Å². The van der Waals surface area contributed by atoms with E-state index in [0.29, 0.717) is 11.8 Å². The van der Waals surface area contributed by atoms with Crippen LogP contribution < -0.4 is 0 Å². The Morgan fingerprint density at radius 1 is 1.07 bits per heavy atom. The Hall–Kier alpha value is -2.18. The van der Waals surface area contributed by atoms with Crippen LogP contribution in [-0.2, 0) is 13.1 Å². The first-order chi connectivity index (χ1) is 14.1. The molecule has 5 rings (SSSR count). The molecule has 0 spiro atoms. The predicted molar refractivity (Wildman–Crippen MR) is 111 cm³/mol. The van der Waals surface area contributed by atoms with Crippen LogP contribution in [0.1, 0.15) is 73.1 Å². The summed E-state index contributed by atoms with van der Waals surface area (Å²) in [6.45, 7) is 6.80. The van der Waals surface area contributed by atoms with Gasteiger partial charge in [-0.3, -0.25) is 9.47 Å². The van der Waals surface area contributed by atoms with Crippen molar-refractivity contribution >= 4 is 11.6 Å². The summed E-state index contributed by atoms with van der Waals surface area (Å²) in [5, 5.41) is 14.3. The first-order valence-corrected chi connectivity index (χ1v) is 10.9. The van der Waals surface area contributed by atoms with E-state index in [-0.39, 0.29) is 0 Å². The quantitative estimate of drug-likeness (QED) is 0.607. The van der Waals surface area contributed by atoms with E-state index in [2.05, 4.69) is 49.9 Å². The first kappa shape index (κ1) is 18.8. The number of nitrogens with zero attached hydrogens (tertiary/aromatic N) is 5. The molecule has 0 unspecified atom stereocenters. The standard InChI is InChI=1S/C22H26ClN5O/c1-3-27-12-17-11-18(23)8-9-20(17)28-21(13-27)24-25-22(28)16-6-4-15(5-7-16)19-10-14(2)29-26-19/h8-11,15-16H,3-7,12-13H2,1-2H3. The summed E-state index contributed by atoms with van der Waals surface area (Å²) in [7, 11) is 0. The lowest BCUT2D eigenvalue weighted by Gasteiger charge is -2.27. The van der Waals surface area contributed by atoms with Crippen LogP contribution in [0.4, 0.5) is 0 Å². The molecule has 1 aliphatic heterocycles. The van der Waals surface area contributed by atoms with Crippen LogP contribution in [0.3, 0.4) is 0 Å². The smallest absolute Gasteiger partial charge is 0.151 e. The van der Waals surface area contributed by atoms with Gasteiger partial charge < -0.3 is 4.52 Å². The summed E-state index contributed by atoms with van der Waals surface area (Å²) < 4.78 is 7.58. The van der Waals surface area contributed by atoms with Gasteiger partial charge in [0.2, 0.25) is 0 Å². The number of hydrogen-bond acceptors (Lipinski definition) is 5. The van der Waals surface area contributed by atoms with Crippen LogP contribution in [0.5, 0.6) is 0 Å². The molecule has 0 N–H and O–H groups in total. The first-order valence-electron chi connectivity index (χ1n) is 10.5. The van der Waals surface area contributed by atoms with E-state index < -0.39 is 0 Å². The molecule has 152 valence electrons. The summed E-state index contributed by atoms with van der Waals surface area (Å²) in [5.41, 5.74) is 3.51. The van der Waals surface area contributed by atoms with Crippen molar-refractivity contribution in [1.82, 2.24) is 24.8 Å². The van der Waals surface area contributed by atoms with Gasteiger partial charge >= 0.3 is 0 Å². The lowest BCUT2D eigenvalue weighted by atomic mass is 9.80. The van der Waals surface area contributed by atoms with Crippen LogP contribution >= 0.6 is 11.6 Å². The predicted octanol–water partition coefficient (Wildman–Crippen LogP) is 4.99. The summed E-state index contributed by atoms with van der Waals surface area (Å²) >= 11 is 6.31. The molecule has 1 aliphatic carbocycles. The highest BCUT2D eigenvalue weighted by molar-refractivity contribution is 6.30. The highest BCUT2D eigenvalue weighted by Gasteiger charge is 2.31. The van der Waals surface area contributed by atoms with Crippen molar-refractivity contribution in [3.8, 4) is 5.69 Å². The minimum Gasteiger partial charge on any atom is -0.361 e. The molecular weight excluding hydrogens is 386 g/mol. The van der Waals surface area contributed by atoms with Crippen molar-refractivity contribution < 1.29 is 4.52 Å². The van der Waals surface area contributed by atoms with E-state index >= 15 is 0 Å². The number of fused-ring (bicyclic) bond motifs is 3. The molecule has 29 heavy (non-hydrogen) atoms. The van der Waals surface area contributed by atoms with Crippen molar-refractivity contribution in [1.29, 1.82) is 0 Å². The minimum atomic E-state index is 0.414. The SMILES string of the molecule is CCN1Cc2cc(Cl)ccc2-n2c(nnc2C2CCC(c3cc(C)on3)CC2)C1. The number of aryl methyl sites for hydroxylation is 1. The van der Waals surface area contributed by atoms with E-state index in [1.54, 1.807) is 0 Å². The number of benzene rings is 1. The Bertz CT molecular complexity index is 1020. The Balaban J connectivity index is 1.45. The molecule has 1 saturated carbocycles. The van der Waals surface area contributed by atoms with Crippen LogP contribution in [0.15, 0.2) is 28.8 Å². The average molecular weight is 412 g/mol. The summed E-state index contributed by atoms with van der Waals surface area (Å²) in [6, 6.07) is 8.26. The normalized spacial score (nSPS) is 22.2. The second-order valence-electron chi connectivity index (χ2n) is 8.30. The third-order valence-corrected chi connectivity index (χ3v) is 6.64. The van der Waals surface area contributed by atoms with E-state index in [9.17, 15) is 0 Å². The Morgan fingerprint density at radius 3 is 2.59 bits per heavy atom. The number of hydrogen-bond donors (Lipinski definition) is 0. The van der Waals surface area contributed by atoms with E-state index in [4.69, 9.17) is 16.1 Å². The molecule has 2 aromatic heterocycles. The van der Waals surface area contributed by atoms with Crippen molar-refractivity contribution in [2.24, 2.45) is 0 Å². The van der Waals surface area contributed by atoms with E-state index in [1.807, 2.05) is 13.0 Å². The molecule has 6 nitrogen and oxygen atoms in total. The molecule has 3 aromatic rings. The van der Waals surface area contributed by atoms with Crippen LogP contribution in [0.25, 0.3) is 5.69 Å². The Kier molecular flexibility index (Phi) is 4.92. The van der Waals surface area contributed by atoms with Gasteiger partial charge in [0, 0.05) is 29.5 Å². The minimum absolute atomic E-state index is 0.414. The maximum atomic E-state index is 6.31. The molecule has 0 radical (unpaired) electrons. The molecule has 7 heteroatoms. The Labute approximate surface area is 175 Å². The van der Waals surface area contributed by atoms with Gasteiger partial charge in [-0.25, -0.2) is 0 Å². The lowest BCUT2D eigenvalue weighted by Crippen LogP contribution is -2.21. The van der Waals surface area contributed by atoms with Gasteiger partial charge in [0.25, 0.3) is 0 Å². The van der Waals surface area contributed by atoms with Gasteiger partial charge in [-0.15, -0.1) is 10.2 Å².